The van der Waals surface area contributed by atoms with Crippen molar-refractivity contribution in [2.45, 2.75) is 52.7 Å². The van der Waals surface area contributed by atoms with E-state index in [9.17, 15) is 9.90 Å². The molecule has 3 unspecified atom stereocenters. The van der Waals surface area contributed by atoms with Gasteiger partial charge in [0, 0.05) is 17.9 Å². The van der Waals surface area contributed by atoms with Gasteiger partial charge in [0.1, 0.15) is 5.75 Å². The van der Waals surface area contributed by atoms with Crippen LogP contribution in [-0.2, 0) is 4.79 Å². The molecule has 4 heteroatoms. The largest absolute Gasteiger partial charge is 0.493 e. The maximum atomic E-state index is 12.2. The van der Waals surface area contributed by atoms with Gasteiger partial charge in [0.25, 0.3) is 0 Å². The summed E-state index contributed by atoms with van der Waals surface area (Å²) in [6.07, 6.45) is 1.09. The van der Waals surface area contributed by atoms with E-state index < -0.39 is 6.10 Å². The van der Waals surface area contributed by atoms with Crippen LogP contribution in [0.3, 0.4) is 0 Å². The molecule has 0 fully saturated rings. The number of nitrogens with one attached hydrogen (secondary N) is 1. The number of aliphatic hydroxyl groups excluding tert-OH is 1. The Morgan fingerprint density at radius 1 is 1.41 bits per heavy atom. The van der Waals surface area contributed by atoms with E-state index in [1.54, 1.807) is 0 Å². The molecule has 2 rings (SSSR count). The lowest BCUT2D eigenvalue weighted by atomic mass is 9.92. The lowest BCUT2D eigenvalue weighted by Crippen LogP contribution is -2.35. The fraction of sp³-hybridized carbons (Fsp3) is 0.611. The summed E-state index contributed by atoms with van der Waals surface area (Å²) in [6, 6.07) is 5.74. The Kier molecular flexibility index (Phi) is 5.46. The van der Waals surface area contributed by atoms with Crippen molar-refractivity contribution in [2.75, 3.05) is 6.61 Å². The van der Waals surface area contributed by atoms with Crippen LogP contribution >= 0.6 is 0 Å². The van der Waals surface area contributed by atoms with Gasteiger partial charge in [-0.2, -0.15) is 0 Å². The molecule has 0 aromatic heterocycles. The molecule has 122 valence electrons. The zero-order valence-corrected chi connectivity index (χ0v) is 13.9. The zero-order chi connectivity index (χ0) is 16.3. The van der Waals surface area contributed by atoms with Crippen LogP contribution in [0, 0.1) is 11.8 Å². The molecule has 0 radical (unpaired) electrons. The lowest BCUT2D eigenvalue weighted by Gasteiger charge is -2.29. The molecule has 0 bridgehead atoms. The maximum absolute atomic E-state index is 12.2. The molecule has 1 aromatic rings. The van der Waals surface area contributed by atoms with Gasteiger partial charge >= 0.3 is 0 Å². The molecule has 0 aliphatic carbocycles. The van der Waals surface area contributed by atoms with E-state index >= 15 is 0 Å². The highest BCUT2D eigenvalue weighted by atomic mass is 16.5. The number of ether oxygens (including phenoxy) is 1. The molecule has 0 saturated heterocycles. The minimum Gasteiger partial charge on any atom is -0.493 e. The van der Waals surface area contributed by atoms with E-state index in [1.165, 1.54) is 0 Å². The lowest BCUT2D eigenvalue weighted by molar-refractivity contribution is -0.125. The van der Waals surface area contributed by atoms with Crippen LogP contribution in [0.4, 0.5) is 0 Å². The normalized spacial score (nSPS) is 20.0. The number of hydrogen-bond acceptors (Lipinski definition) is 3. The summed E-state index contributed by atoms with van der Waals surface area (Å²) in [5.74, 6) is 1.04. The molecular formula is C18H27NO3. The number of benzene rings is 1. The Bertz CT molecular complexity index is 527. The second-order valence-electron chi connectivity index (χ2n) is 6.49. The SMILES string of the molecule is CCC(C)C(=O)NC1CCOc2ccc(C(O)C(C)C)cc21. The summed E-state index contributed by atoms with van der Waals surface area (Å²) in [5.41, 5.74) is 1.85. The highest BCUT2D eigenvalue weighted by Gasteiger charge is 2.26. The van der Waals surface area contributed by atoms with Crippen LogP contribution in [0.1, 0.15) is 63.8 Å². The first-order chi connectivity index (χ1) is 10.4. The van der Waals surface area contributed by atoms with Crippen molar-refractivity contribution in [3.05, 3.63) is 29.3 Å². The molecule has 22 heavy (non-hydrogen) atoms. The summed E-state index contributed by atoms with van der Waals surface area (Å²) in [4.78, 5) is 12.2. The average Bonchev–Trinajstić information content (AvgIpc) is 2.53. The topological polar surface area (TPSA) is 58.6 Å². The highest BCUT2D eigenvalue weighted by Crippen LogP contribution is 2.35. The van der Waals surface area contributed by atoms with Crippen LogP contribution in [0.15, 0.2) is 18.2 Å². The minimum absolute atomic E-state index is 0.00994. The molecule has 3 atom stereocenters. The highest BCUT2D eigenvalue weighted by molar-refractivity contribution is 5.78. The Labute approximate surface area is 132 Å². The summed E-state index contributed by atoms with van der Waals surface area (Å²) in [7, 11) is 0. The van der Waals surface area contributed by atoms with Crippen LogP contribution in [-0.4, -0.2) is 17.6 Å². The van der Waals surface area contributed by atoms with Crippen molar-refractivity contribution in [3.63, 3.8) is 0 Å². The number of carbonyl (C=O) groups excluding carboxylic acids is 1. The maximum Gasteiger partial charge on any atom is 0.223 e. The van der Waals surface area contributed by atoms with E-state index in [2.05, 4.69) is 5.32 Å². The van der Waals surface area contributed by atoms with Crippen LogP contribution in [0.2, 0.25) is 0 Å². The molecule has 0 spiro atoms. The van der Waals surface area contributed by atoms with Crippen LogP contribution < -0.4 is 10.1 Å². The number of aliphatic hydroxyl groups is 1. The number of rotatable bonds is 5. The third-order valence-electron chi connectivity index (χ3n) is 4.42. The van der Waals surface area contributed by atoms with Crippen molar-refractivity contribution in [1.82, 2.24) is 5.32 Å². The van der Waals surface area contributed by atoms with Gasteiger partial charge in [-0.15, -0.1) is 0 Å². The van der Waals surface area contributed by atoms with E-state index in [1.807, 2.05) is 45.9 Å². The summed E-state index contributed by atoms with van der Waals surface area (Å²) < 4.78 is 5.68. The molecule has 0 saturated carbocycles. The Morgan fingerprint density at radius 3 is 2.77 bits per heavy atom. The standard InChI is InChI=1S/C18H27NO3/c1-5-12(4)18(21)19-15-8-9-22-16-7-6-13(10-14(15)16)17(20)11(2)3/h6-7,10-12,15,17,20H,5,8-9H2,1-4H3,(H,19,21). The van der Waals surface area contributed by atoms with Crippen molar-refractivity contribution in [1.29, 1.82) is 0 Å². The summed E-state index contributed by atoms with van der Waals surface area (Å²) in [6.45, 7) is 8.53. The molecule has 1 heterocycles. The van der Waals surface area contributed by atoms with Crippen molar-refractivity contribution in [2.24, 2.45) is 11.8 Å². The second kappa shape index (κ2) is 7.14. The minimum atomic E-state index is -0.502. The molecular weight excluding hydrogens is 278 g/mol. The van der Waals surface area contributed by atoms with Crippen molar-refractivity contribution < 1.29 is 14.6 Å². The third-order valence-corrected chi connectivity index (χ3v) is 4.42. The quantitative estimate of drug-likeness (QED) is 0.877. The van der Waals surface area contributed by atoms with E-state index in [0.717, 1.165) is 29.7 Å². The van der Waals surface area contributed by atoms with E-state index in [-0.39, 0.29) is 23.8 Å². The number of carbonyl (C=O) groups is 1. The first-order valence-electron chi connectivity index (χ1n) is 8.19. The predicted octanol–water partition coefficient (Wildman–Crippen LogP) is 3.36. The monoisotopic (exact) mass is 305 g/mol. The fourth-order valence-electron chi connectivity index (χ4n) is 2.63. The van der Waals surface area contributed by atoms with Crippen LogP contribution in [0.25, 0.3) is 0 Å². The van der Waals surface area contributed by atoms with Gasteiger partial charge in [0.05, 0.1) is 18.8 Å². The van der Waals surface area contributed by atoms with Crippen LogP contribution in [0.5, 0.6) is 5.75 Å². The van der Waals surface area contributed by atoms with Gasteiger partial charge in [-0.05, 0) is 30.0 Å². The second-order valence-corrected chi connectivity index (χ2v) is 6.49. The number of amides is 1. The smallest absolute Gasteiger partial charge is 0.223 e. The summed E-state index contributed by atoms with van der Waals surface area (Å²) in [5, 5.41) is 13.4. The summed E-state index contributed by atoms with van der Waals surface area (Å²) >= 11 is 0. The first-order valence-corrected chi connectivity index (χ1v) is 8.19. The van der Waals surface area contributed by atoms with Gasteiger partial charge in [0.2, 0.25) is 5.91 Å². The fourth-order valence-corrected chi connectivity index (χ4v) is 2.63. The molecule has 1 aromatic carbocycles. The average molecular weight is 305 g/mol. The molecule has 4 nitrogen and oxygen atoms in total. The zero-order valence-electron chi connectivity index (χ0n) is 13.9. The third kappa shape index (κ3) is 3.61. The first kappa shape index (κ1) is 16.8. The van der Waals surface area contributed by atoms with E-state index in [4.69, 9.17) is 4.74 Å². The van der Waals surface area contributed by atoms with E-state index in [0.29, 0.717) is 6.61 Å². The van der Waals surface area contributed by atoms with Crippen molar-refractivity contribution >= 4 is 5.91 Å². The Morgan fingerprint density at radius 2 is 2.14 bits per heavy atom. The van der Waals surface area contributed by atoms with Gasteiger partial charge in [-0.3, -0.25) is 4.79 Å². The molecule has 1 aliphatic heterocycles. The van der Waals surface area contributed by atoms with Crippen molar-refractivity contribution in [3.8, 4) is 5.75 Å². The molecule has 1 aliphatic rings. The Balaban J connectivity index is 2.24. The molecule has 1 amide bonds. The van der Waals surface area contributed by atoms with Gasteiger partial charge in [-0.1, -0.05) is 33.8 Å². The predicted molar refractivity (Wildman–Crippen MR) is 86.7 cm³/mol. The van der Waals surface area contributed by atoms with Gasteiger partial charge < -0.3 is 15.2 Å². The molecule has 2 N–H and O–H groups in total. The van der Waals surface area contributed by atoms with Gasteiger partial charge in [-0.25, -0.2) is 0 Å². The number of fused-ring (bicyclic) bond motifs is 1. The van der Waals surface area contributed by atoms with Gasteiger partial charge in [0.15, 0.2) is 0 Å². The number of hydrogen-bond donors (Lipinski definition) is 2. The Hall–Kier alpha value is -1.55.